The normalized spacial score (nSPS) is 17.2. The van der Waals surface area contributed by atoms with E-state index in [4.69, 9.17) is 4.74 Å². The maximum absolute atomic E-state index is 13.1. The third-order valence-corrected chi connectivity index (χ3v) is 4.96. The predicted molar refractivity (Wildman–Crippen MR) is 93.0 cm³/mol. The standard InChI is InChI=1S/C20H22F3NO2/c21-20(22,23)17-5-2-4-16(12-17)19(7-9-26-10-8-19)14-24-13-15-3-1-6-18(25)11-15/h1-6,11-12,24-25H,7-10,13-14H2. The van der Waals surface area contributed by atoms with Crippen LogP contribution in [0.3, 0.4) is 0 Å². The quantitative estimate of drug-likeness (QED) is 0.832. The molecule has 0 saturated carbocycles. The Morgan fingerprint density at radius 3 is 2.46 bits per heavy atom. The molecule has 26 heavy (non-hydrogen) atoms. The van der Waals surface area contributed by atoms with Crippen molar-refractivity contribution >= 4 is 0 Å². The summed E-state index contributed by atoms with van der Waals surface area (Å²) >= 11 is 0. The number of phenols is 1. The van der Waals surface area contributed by atoms with Crippen molar-refractivity contribution in [2.75, 3.05) is 19.8 Å². The summed E-state index contributed by atoms with van der Waals surface area (Å²) in [6, 6.07) is 12.6. The van der Waals surface area contributed by atoms with Crippen LogP contribution in [0.5, 0.6) is 5.75 Å². The number of rotatable bonds is 5. The minimum absolute atomic E-state index is 0.197. The molecule has 0 unspecified atom stereocenters. The molecule has 0 spiro atoms. The van der Waals surface area contributed by atoms with E-state index in [2.05, 4.69) is 5.32 Å². The van der Waals surface area contributed by atoms with Crippen molar-refractivity contribution in [2.45, 2.75) is 31.0 Å². The van der Waals surface area contributed by atoms with Crippen LogP contribution in [0.4, 0.5) is 13.2 Å². The topological polar surface area (TPSA) is 41.5 Å². The van der Waals surface area contributed by atoms with E-state index in [1.54, 1.807) is 24.3 Å². The van der Waals surface area contributed by atoms with Crippen LogP contribution in [0.2, 0.25) is 0 Å². The fourth-order valence-electron chi connectivity index (χ4n) is 3.47. The highest BCUT2D eigenvalue weighted by atomic mass is 19.4. The molecule has 6 heteroatoms. The number of hydrogen-bond acceptors (Lipinski definition) is 3. The first-order valence-electron chi connectivity index (χ1n) is 8.63. The number of alkyl halides is 3. The van der Waals surface area contributed by atoms with Gasteiger partial charge in [0.25, 0.3) is 0 Å². The second-order valence-corrected chi connectivity index (χ2v) is 6.74. The van der Waals surface area contributed by atoms with E-state index in [0.717, 1.165) is 11.6 Å². The molecule has 0 bridgehead atoms. The van der Waals surface area contributed by atoms with E-state index >= 15 is 0 Å². The van der Waals surface area contributed by atoms with Gasteiger partial charge in [0.15, 0.2) is 0 Å². The van der Waals surface area contributed by atoms with Gasteiger partial charge in [-0.25, -0.2) is 0 Å². The molecule has 1 aliphatic heterocycles. The first-order valence-corrected chi connectivity index (χ1v) is 8.63. The second-order valence-electron chi connectivity index (χ2n) is 6.74. The molecule has 0 amide bonds. The van der Waals surface area contributed by atoms with Gasteiger partial charge >= 0.3 is 6.18 Å². The first-order chi connectivity index (χ1) is 12.4. The Labute approximate surface area is 150 Å². The van der Waals surface area contributed by atoms with Gasteiger partial charge in [0.05, 0.1) is 5.56 Å². The highest BCUT2D eigenvalue weighted by Crippen LogP contribution is 2.37. The molecule has 2 aromatic rings. The third-order valence-electron chi connectivity index (χ3n) is 4.96. The summed E-state index contributed by atoms with van der Waals surface area (Å²) in [5.74, 6) is 0.197. The van der Waals surface area contributed by atoms with Gasteiger partial charge in [0.2, 0.25) is 0 Å². The zero-order valence-electron chi connectivity index (χ0n) is 14.4. The molecule has 3 rings (SSSR count). The summed E-state index contributed by atoms with van der Waals surface area (Å²) in [4.78, 5) is 0. The molecule has 0 aliphatic carbocycles. The molecule has 1 aliphatic rings. The van der Waals surface area contributed by atoms with Gasteiger partial charge in [0.1, 0.15) is 5.75 Å². The van der Waals surface area contributed by atoms with Crippen LogP contribution in [0, 0.1) is 0 Å². The molecule has 0 aromatic heterocycles. The lowest BCUT2D eigenvalue weighted by atomic mass is 9.73. The monoisotopic (exact) mass is 365 g/mol. The Hall–Kier alpha value is -2.05. The average Bonchev–Trinajstić information content (AvgIpc) is 2.62. The highest BCUT2D eigenvalue weighted by Gasteiger charge is 2.37. The number of phenolic OH excluding ortho intramolecular Hbond substituents is 1. The summed E-state index contributed by atoms with van der Waals surface area (Å²) in [5.41, 5.74) is 0.611. The Bertz CT molecular complexity index is 740. The molecule has 1 saturated heterocycles. The van der Waals surface area contributed by atoms with Crippen molar-refractivity contribution in [3.05, 3.63) is 65.2 Å². The van der Waals surface area contributed by atoms with E-state index in [9.17, 15) is 18.3 Å². The lowest BCUT2D eigenvalue weighted by molar-refractivity contribution is -0.137. The van der Waals surface area contributed by atoms with Crippen molar-refractivity contribution in [1.82, 2.24) is 5.32 Å². The van der Waals surface area contributed by atoms with Crippen LogP contribution in [-0.2, 0) is 22.9 Å². The largest absolute Gasteiger partial charge is 0.508 e. The van der Waals surface area contributed by atoms with Crippen LogP contribution >= 0.6 is 0 Å². The number of halogens is 3. The number of hydrogen-bond donors (Lipinski definition) is 2. The molecular weight excluding hydrogens is 343 g/mol. The van der Waals surface area contributed by atoms with Gasteiger partial charge in [-0.05, 0) is 42.2 Å². The van der Waals surface area contributed by atoms with E-state index in [1.807, 2.05) is 6.07 Å². The van der Waals surface area contributed by atoms with Crippen molar-refractivity contribution < 1.29 is 23.0 Å². The average molecular weight is 365 g/mol. The summed E-state index contributed by atoms with van der Waals surface area (Å²) in [7, 11) is 0. The highest BCUT2D eigenvalue weighted by molar-refractivity contribution is 5.33. The van der Waals surface area contributed by atoms with Gasteiger partial charge < -0.3 is 15.2 Å². The summed E-state index contributed by atoms with van der Waals surface area (Å²) in [5, 5.41) is 12.9. The zero-order valence-corrected chi connectivity index (χ0v) is 14.4. The Morgan fingerprint density at radius 2 is 1.77 bits per heavy atom. The van der Waals surface area contributed by atoms with Gasteiger partial charge in [-0.3, -0.25) is 0 Å². The van der Waals surface area contributed by atoms with Gasteiger partial charge in [-0.1, -0.05) is 30.3 Å². The lowest BCUT2D eigenvalue weighted by Crippen LogP contribution is -2.42. The SMILES string of the molecule is Oc1cccc(CNCC2(c3cccc(C(F)(F)F)c3)CCOCC2)c1. The minimum Gasteiger partial charge on any atom is -0.508 e. The summed E-state index contributed by atoms with van der Waals surface area (Å²) in [6.45, 7) is 2.15. The maximum atomic E-state index is 13.1. The van der Waals surface area contributed by atoms with Gasteiger partial charge in [-0.15, -0.1) is 0 Å². The Kier molecular flexibility index (Phi) is 5.53. The number of nitrogens with one attached hydrogen (secondary N) is 1. The van der Waals surface area contributed by atoms with Crippen molar-refractivity contribution in [3.8, 4) is 5.75 Å². The van der Waals surface area contributed by atoms with Crippen molar-refractivity contribution in [3.63, 3.8) is 0 Å². The predicted octanol–water partition coefficient (Wildman–Crippen LogP) is 4.25. The molecule has 2 N–H and O–H groups in total. The third kappa shape index (κ3) is 4.37. The fourth-order valence-corrected chi connectivity index (χ4v) is 3.47. The molecular formula is C20H22F3NO2. The molecule has 3 nitrogen and oxygen atoms in total. The van der Waals surface area contributed by atoms with Crippen LogP contribution < -0.4 is 5.32 Å². The lowest BCUT2D eigenvalue weighted by Gasteiger charge is -2.38. The Morgan fingerprint density at radius 1 is 1.04 bits per heavy atom. The van der Waals surface area contributed by atoms with E-state index < -0.39 is 17.2 Å². The van der Waals surface area contributed by atoms with Crippen LogP contribution in [0.25, 0.3) is 0 Å². The molecule has 0 radical (unpaired) electrons. The number of aromatic hydroxyl groups is 1. The molecule has 0 atom stereocenters. The summed E-state index contributed by atoms with van der Waals surface area (Å²) in [6.07, 6.45) is -3.01. The van der Waals surface area contributed by atoms with Crippen LogP contribution in [0.15, 0.2) is 48.5 Å². The van der Waals surface area contributed by atoms with E-state index in [1.165, 1.54) is 12.1 Å². The van der Waals surface area contributed by atoms with Crippen molar-refractivity contribution in [2.24, 2.45) is 0 Å². The van der Waals surface area contributed by atoms with Gasteiger partial charge in [-0.2, -0.15) is 13.2 Å². The first kappa shape index (κ1) is 18.7. The second kappa shape index (κ2) is 7.68. The zero-order chi connectivity index (χ0) is 18.6. The van der Waals surface area contributed by atoms with E-state index in [0.29, 0.717) is 44.7 Å². The molecule has 1 heterocycles. The molecule has 2 aromatic carbocycles. The number of ether oxygens (including phenoxy) is 1. The van der Waals surface area contributed by atoms with Crippen LogP contribution in [-0.4, -0.2) is 24.9 Å². The minimum atomic E-state index is -4.35. The van der Waals surface area contributed by atoms with Gasteiger partial charge in [0, 0.05) is 31.7 Å². The Balaban J connectivity index is 1.78. The van der Waals surface area contributed by atoms with E-state index in [-0.39, 0.29) is 5.75 Å². The maximum Gasteiger partial charge on any atom is 0.416 e. The number of benzene rings is 2. The smallest absolute Gasteiger partial charge is 0.416 e. The molecule has 1 fully saturated rings. The summed E-state index contributed by atoms with van der Waals surface area (Å²) < 4.78 is 44.8. The fraction of sp³-hybridized carbons (Fsp3) is 0.400. The molecule has 140 valence electrons. The van der Waals surface area contributed by atoms with Crippen molar-refractivity contribution in [1.29, 1.82) is 0 Å². The van der Waals surface area contributed by atoms with Crippen LogP contribution in [0.1, 0.15) is 29.5 Å².